The third-order valence-electron chi connectivity index (χ3n) is 5.58. The molecular formula is C28H26FN3O4S. The molecule has 0 saturated carbocycles. The summed E-state index contributed by atoms with van der Waals surface area (Å²) >= 11 is 1.07. The number of benzene rings is 3. The minimum atomic E-state index is -0.507. The first-order chi connectivity index (χ1) is 17.8. The van der Waals surface area contributed by atoms with Crippen molar-refractivity contribution >= 4 is 34.4 Å². The van der Waals surface area contributed by atoms with Gasteiger partial charge in [0.1, 0.15) is 11.6 Å². The van der Waals surface area contributed by atoms with Crippen LogP contribution in [0.4, 0.5) is 4.39 Å². The SMILES string of the molecule is COc1ccc(C(=O)CSc2nc3cc(C(=O)NCC(C)C)ccc3c(=O)n2-c2cccc(F)c2)cc1. The summed E-state index contributed by atoms with van der Waals surface area (Å²) in [4.78, 5) is 43.6. The number of hydrogen-bond acceptors (Lipinski definition) is 6. The first-order valence-corrected chi connectivity index (χ1v) is 12.7. The molecule has 0 radical (unpaired) electrons. The average molecular weight is 520 g/mol. The number of fused-ring (bicyclic) bond motifs is 1. The molecule has 0 bridgehead atoms. The maximum absolute atomic E-state index is 14.0. The molecule has 4 aromatic rings. The lowest BCUT2D eigenvalue weighted by atomic mass is 10.1. The number of Topliss-reactive ketones (excluding diaryl/α,β-unsaturated/α-hetero) is 1. The Hall–Kier alpha value is -3.98. The lowest BCUT2D eigenvalue weighted by molar-refractivity contribution is 0.0948. The molecule has 0 aliphatic heterocycles. The van der Waals surface area contributed by atoms with Crippen LogP contribution in [-0.4, -0.2) is 40.6 Å². The number of hydrogen-bond donors (Lipinski definition) is 1. The molecule has 1 heterocycles. The normalized spacial score (nSPS) is 11.1. The van der Waals surface area contributed by atoms with E-state index in [-0.39, 0.29) is 39.6 Å². The van der Waals surface area contributed by atoms with E-state index in [0.717, 1.165) is 11.8 Å². The fourth-order valence-electron chi connectivity index (χ4n) is 3.64. The number of ketones is 1. The molecule has 0 aliphatic rings. The van der Waals surface area contributed by atoms with Crippen LogP contribution >= 0.6 is 11.8 Å². The van der Waals surface area contributed by atoms with Crippen LogP contribution in [0.15, 0.2) is 76.7 Å². The average Bonchev–Trinajstić information content (AvgIpc) is 2.90. The van der Waals surface area contributed by atoms with Crippen LogP contribution in [0.1, 0.15) is 34.6 Å². The molecular weight excluding hydrogens is 493 g/mol. The van der Waals surface area contributed by atoms with E-state index < -0.39 is 11.4 Å². The molecule has 1 N–H and O–H groups in total. The van der Waals surface area contributed by atoms with Gasteiger partial charge in [0.2, 0.25) is 0 Å². The Bertz CT molecular complexity index is 1520. The highest BCUT2D eigenvalue weighted by Crippen LogP contribution is 2.24. The number of carbonyl (C=O) groups excluding carboxylic acids is 2. The van der Waals surface area contributed by atoms with Crippen molar-refractivity contribution in [1.82, 2.24) is 14.9 Å². The highest BCUT2D eigenvalue weighted by Gasteiger charge is 2.18. The highest BCUT2D eigenvalue weighted by molar-refractivity contribution is 7.99. The van der Waals surface area contributed by atoms with Crippen LogP contribution in [0.25, 0.3) is 16.6 Å². The minimum Gasteiger partial charge on any atom is -0.497 e. The Morgan fingerprint density at radius 3 is 2.46 bits per heavy atom. The molecule has 0 spiro atoms. The van der Waals surface area contributed by atoms with Crippen molar-refractivity contribution < 1.29 is 18.7 Å². The Balaban J connectivity index is 1.74. The second-order valence-corrected chi connectivity index (χ2v) is 9.73. The summed E-state index contributed by atoms with van der Waals surface area (Å²) in [5.41, 5.74) is 1.03. The van der Waals surface area contributed by atoms with Crippen molar-refractivity contribution in [3.63, 3.8) is 0 Å². The predicted molar refractivity (Wildman–Crippen MR) is 143 cm³/mol. The van der Waals surface area contributed by atoms with Crippen LogP contribution in [-0.2, 0) is 0 Å². The minimum absolute atomic E-state index is 0.00580. The molecule has 0 unspecified atom stereocenters. The second-order valence-electron chi connectivity index (χ2n) is 8.79. The third-order valence-corrected chi connectivity index (χ3v) is 6.52. The lowest BCUT2D eigenvalue weighted by Crippen LogP contribution is -2.27. The number of rotatable bonds is 9. The smallest absolute Gasteiger partial charge is 0.266 e. The van der Waals surface area contributed by atoms with E-state index in [1.807, 2.05) is 13.8 Å². The van der Waals surface area contributed by atoms with Crippen molar-refractivity contribution in [3.8, 4) is 11.4 Å². The largest absolute Gasteiger partial charge is 0.497 e. The number of carbonyl (C=O) groups is 2. The molecule has 3 aromatic carbocycles. The van der Waals surface area contributed by atoms with E-state index in [9.17, 15) is 18.8 Å². The molecule has 37 heavy (non-hydrogen) atoms. The number of halogens is 1. The molecule has 0 atom stereocenters. The van der Waals surface area contributed by atoms with E-state index in [0.29, 0.717) is 28.9 Å². The first-order valence-electron chi connectivity index (χ1n) is 11.7. The number of ether oxygens (including phenoxy) is 1. The zero-order valence-electron chi connectivity index (χ0n) is 20.7. The van der Waals surface area contributed by atoms with E-state index >= 15 is 0 Å². The number of nitrogens with one attached hydrogen (secondary N) is 1. The number of thioether (sulfide) groups is 1. The number of nitrogens with zero attached hydrogens (tertiary/aromatic N) is 2. The van der Waals surface area contributed by atoms with Crippen LogP contribution in [0.2, 0.25) is 0 Å². The summed E-state index contributed by atoms with van der Waals surface area (Å²) in [6.07, 6.45) is 0. The van der Waals surface area contributed by atoms with Crippen LogP contribution in [0.3, 0.4) is 0 Å². The van der Waals surface area contributed by atoms with Crippen molar-refractivity contribution in [3.05, 3.63) is 94.0 Å². The van der Waals surface area contributed by atoms with Gasteiger partial charge in [-0.3, -0.25) is 19.0 Å². The number of amides is 1. The van der Waals surface area contributed by atoms with Gasteiger partial charge in [0.05, 0.1) is 29.5 Å². The van der Waals surface area contributed by atoms with Gasteiger partial charge >= 0.3 is 0 Å². The first kappa shape index (κ1) is 26.1. The van der Waals surface area contributed by atoms with Crippen molar-refractivity contribution in [2.75, 3.05) is 19.4 Å². The summed E-state index contributed by atoms with van der Waals surface area (Å²) in [6, 6.07) is 17.0. The summed E-state index contributed by atoms with van der Waals surface area (Å²) in [7, 11) is 1.54. The third kappa shape index (κ3) is 6.06. The topological polar surface area (TPSA) is 90.3 Å². The molecule has 7 nitrogen and oxygen atoms in total. The summed E-state index contributed by atoms with van der Waals surface area (Å²) < 4.78 is 20.5. The van der Waals surface area contributed by atoms with Gasteiger partial charge in [-0.05, 0) is 66.6 Å². The molecule has 4 rings (SSSR count). The monoisotopic (exact) mass is 519 g/mol. The number of aromatic nitrogens is 2. The van der Waals surface area contributed by atoms with Gasteiger partial charge in [0.25, 0.3) is 11.5 Å². The lowest BCUT2D eigenvalue weighted by Gasteiger charge is -2.14. The Kier molecular flexibility index (Phi) is 8.03. The fourth-order valence-corrected chi connectivity index (χ4v) is 4.54. The molecule has 190 valence electrons. The number of methoxy groups -OCH3 is 1. The van der Waals surface area contributed by atoms with Crippen LogP contribution < -0.4 is 15.6 Å². The summed E-state index contributed by atoms with van der Waals surface area (Å²) in [5.74, 6) is -0.0355. The Morgan fingerprint density at radius 1 is 1.05 bits per heavy atom. The van der Waals surface area contributed by atoms with E-state index in [1.165, 1.54) is 22.8 Å². The maximum atomic E-state index is 14.0. The van der Waals surface area contributed by atoms with Gasteiger partial charge in [0, 0.05) is 17.7 Å². The Labute approximate surface area is 217 Å². The summed E-state index contributed by atoms with van der Waals surface area (Å²) in [5, 5.41) is 3.34. The Morgan fingerprint density at radius 2 is 1.78 bits per heavy atom. The molecule has 1 amide bonds. The highest BCUT2D eigenvalue weighted by atomic mass is 32.2. The predicted octanol–water partition coefficient (Wildman–Crippen LogP) is 4.89. The van der Waals surface area contributed by atoms with E-state index in [1.54, 1.807) is 55.6 Å². The molecule has 9 heteroatoms. The van der Waals surface area contributed by atoms with Gasteiger partial charge < -0.3 is 10.1 Å². The quantitative estimate of drug-likeness (QED) is 0.192. The maximum Gasteiger partial charge on any atom is 0.266 e. The molecule has 0 saturated heterocycles. The second kappa shape index (κ2) is 11.4. The van der Waals surface area contributed by atoms with Gasteiger partial charge in [0.15, 0.2) is 10.9 Å². The molecule has 0 fully saturated rings. The van der Waals surface area contributed by atoms with Gasteiger partial charge in [-0.2, -0.15) is 0 Å². The van der Waals surface area contributed by atoms with E-state index in [2.05, 4.69) is 10.3 Å². The molecule has 0 aliphatic carbocycles. The van der Waals surface area contributed by atoms with E-state index in [4.69, 9.17) is 4.74 Å². The van der Waals surface area contributed by atoms with Crippen LogP contribution in [0, 0.1) is 11.7 Å². The van der Waals surface area contributed by atoms with Crippen molar-refractivity contribution in [2.24, 2.45) is 5.92 Å². The standard InChI is InChI=1S/C28H26FN3O4S/c1-17(2)15-30-26(34)19-9-12-23-24(13-19)31-28(32(27(23)35)21-6-4-5-20(29)14-21)37-16-25(33)18-7-10-22(36-3)11-8-18/h4-14,17H,15-16H2,1-3H3,(H,30,34). The van der Waals surface area contributed by atoms with Crippen molar-refractivity contribution in [2.45, 2.75) is 19.0 Å². The zero-order valence-corrected chi connectivity index (χ0v) is 21.5. The van der Waals surface area contributed by atoms with Crippen molar-refractivity contribution in [1.29, 1.82) is 0 Å². The zero-order chi connectivity index (χ0) is 26.5. The summed E-state index contributed by atoms with van der Waals surface area (Å²) in [6.45, 7) is 4.50. The van der Waals surface area contributed by atoms with Crippen LogP contribution in [0.5, 0.6) is 5.75 Å². The molecule has 1 aromatic heterocycles. The van der Waals surface area contributed by atoms with Gasteiger partial charge in [-0.25, -0.2) is 9.37 Å². The van der Waals surface area contributed by atoms with Gasteiger partial charge in [-0.15, -0.1) is 0 Å². The van der Waals surface area contributed by atoms with Gasteiger partial charge in [-0.1, -0.05) is 31.7 Å². The fraction of sp³-hybridized carbons (Fsp3) is 0.214.